The minimum atomic E-state index is -0.217. The van der Waals surface area contributed by atoms with E-state index in [0.29, 0.717) is 12.5 Å². The van der Waals surface area contributed by atoms with Crippen molar-refractivity contribution in [3.8, 4) is 0 Å². The minimum Gasteiger partial charge on any atom is -0.465 e. The first kappa shape index (κ1) is 9.95. The summed E-state index contributed by atoms with van der Waals surface area (Å²) in [5.41, 5.74) is 0. The SMILES string of the molecule is CC(=O)OCC(Br)C(C)C. The molecule has 3 heteroatoms. The van der Waals surface area contributed by atoms with Crippen LogP contribution in [0.2, 0.25) is 0 Å². The fourth-order valence-corrected chi connectivity index (χ4v) is 0.522. The van der Waals surface area contributed by atoms with E-state index in [1.807, 2.05) is 0 Å². The smallest absolute Gasteiger partial charge is 0.302 e. The Morgan fingerprint density at radius 3 is 2.40 bits per heavy atom. The zero-order chi connectivity index (χ0) is 8.15. The molecule has 0 aliphatic carbocycles. The van der Waals surface area contributed by atoms with Gasteiger partial charge >= 0.3 is 5.97 Å². The first-order chi connectivity index (χ1) is 4.54. The summed E-state index contributed by atoms with van der Waals surface area (Å²) in [4.78, 5) is 10.6. The van der Waals surface area contributed by atoms with Crippen LogP contribution < -0.4 is 0 Å². The van der Waals surface area contributed by atoms with Crippen LogP contribution in [0.3, 0.4) is 0 Å². The molecule has 0 aromatic heterocycles. The number of carbonyl (C=O) groups excluding carboxylic acids is 1. The number of esters is 1. The molecule has 0 saturated heterocycles. The van der Waals surface area contributed by atoms with Crippen molar-refractivity contribution in [2.24, 2.45) is 5.92 Å². The van der Waals surface area contributed by atoms with Crippen LogP contribution in [0.4, 0.5) is 0 Å². The molecule has 0 rings (SSSR count). The Labute approximate surface area is 70.1 Å². The van der Waals surface area contributed by atoms with Crippen LogP contribution in [-0.2, 0) is 9.53 Å². The number of halogens is 1. The summed E-state index contributed by atoms with van der Waals surface area (Å²) in [5, 5.41) is 0. The van der Waals surface area contributed by atoms with E-state index in [1.165, 1.54) is 6.92 Å². The second kappa shape index (κ2) is 4.72. The fourth-order valence-electron chi connectivity index (χ4n) is 0.389. The Hall–Kier alpha value is -0.0500. The van der Waals surface area contributed by atoms with E-state index >= 15 is 0 Å². The average Bonchev–Trinajstić information content (AvgIpc) is 1.82. The zero-order valence-corrected chi connectivity index (χ0v) is 8.14. The standard InChI is InChI=1S/C7H13BrO2/c1-5(2)7(8)4-10-6(3)9/h5,7H,4H2,1-3H3. The molecule has 0 aliphatic rings. The third kappa shape index (κ3) is 4.79. The quantitative estimate of drug-likeness (QED) is 0.524. The topological polar surface area (TPSA) is 26.3 Å². The van der Waals surface area contributed by atoms with Gasteiger partial charge in [0.1, 0.15) is 6.61 Å². The van der Waals surface area contributed by atoms with Gasteiger partial charge in [-0.3, -0.25) is 4.79 Å². The molecule has 0 spiro atoms. The average molecular weight is 209 g/mol. The summed E-state index contributed by atoms with van der Waals surface area (Å²) in [5.74, 6) is 0.282. The number of hydrogen-bond acceptors (Lipinski definition) is 2. The van der Waals surface area contributed by atoms with E-state index in [9.17, 15) is 4.79 Å². The van der Waals surface area contributed by atoms with Crippen molar-refractivity contribution in [1.29, 1.82) is 0 Å². The Balaban J connectivity index is 3.39. The lowest BCUT2D eigenvalue weighted by Crippen LogP contribution is -2.16. The highest BCUT2D eigenvalue weighted by atomic mass is 79.9. The second-order valence-corrected chi connectivity index (χ2v) is 3.74. The van der Waals surface area contributed by atoms with Gasteiger partial charge in [0.15, 0.2) is 0 Å². The molecule has 0 aliphatic heterocycles. The number of ether oxygens (including phenoxy) is 1. The molecule has 1 unspecified atom stereocenters. The van der Waals surface area contributed by atoms with Crippen LogP contribution in [0.25, 0.3) is 0 Å². The molecular formula is C7H13BrO2. The normalized spacial score (nSPS) is 13.3. The van der Waals surface area contributed by atoms with Gasteiger partial charge in [0.05, 0.1) is 4.83 Å². The zero-order valence-electron chi connectivity index (χ0n) is 6.56. The molecule has 0 N–H and O–H groups in total. The van der Waals surface area contributed by atoms with Crippen LogP contribution in [0.15, 0.2) is 0 Å². The summed E-state index contributed by atoms with van der Waals surface area (Å²) in [6.07, 6.45) is 0. The van der Waals surface area contributed by atoms with Gasteiger partial charge in [0.2, 0.25) is 0 Å². The van der Waals surface area contributed by atoms with Crippen LogP contribution in [0.5, 0.6) is 0 Å². The molecular weight excluding hydrogens is 196 g/mol. The summed E-state index contributed by atoms with van der Waals surface area (Å²) in [7, 11) is 0. The van der Waals surface area contributed by atoms with Gasteiger partial charge in [-0.15, -0.1) is 0 Å². The molecule has 0 heterocycles. The van der Waals surface area contributed by atoms with Crippen LogP contribution in [-0.4, -0.2) is 17.4 Å². The predicted octanol–water partition coefficient (Wildman–Crippen LogP) is 1.97. The third-order valence-corrected chi connectivity index (χ3v) is 2.49. The highest BCUT2D eigenvalue weighted by molar-refractivity contribution is 9.09. The molecule has 0 bridgehead atoms. The van der Waals surface area contributed by atoms with Gasteiger partial charge in [-0.05, 0) is 5.92 Å². The number of alkyl halides is 1. The third-order valence-electron chi connectivity index (χ3n) is 1.17. The number of carbonyl (C=O) groups is 1. The molecule has 0 aromatic rings. The van der Waals surface area contributed by atoms with E-state index in [-0.39, 0.29) is 10.8 Å². The monoisotopic (exact) mass is 208 g/mol. The van der Waals surface area contributed by atoms with Crippen LogP contribution in [0, 0.1) is 5.92 Å². The van der Waals surface area contributed by atoms with E-state index in [4.69, 9.17) is 4.74 Å². The molecule has 10 heavy (non-hydrogen) atoms. The fraction of sp³-hybridized carbons (Fsp3) is 0.857. The van der Waals surface area contributed by atoms with Crippen molar-refractivity contribution in [2.45, 2.75) is 25.6 Å². The van der Waals surface area contributed by atoms with E-state index < -0.39 is 0 Å². The van der Waals surface area contributed by atoms with Crippen molar-refractivity contribution < 1.29 is 9.53 Å². The predicted molar refractivity (Wildman–Crippen MR) is 44.2 cm³/mol. The molecule has 0 aromatic carbocycles. The summed E-state index contributed by atoms with van der Waals surface area (Å²) < 4.78 is 4.78. The largest absolute Gasteiger partial charge is 0.465 e. The molecule has 0 radical (unpaired) electrons. The van der Waals surface area contributed by atoms with Gasteiger partial charge in [0.25, 0.3) is 0 Å². The van der Waals surface area contributed by atoms with Crippen LogP contribution >= 0.6 is 15.9 Å². The van der Waals surface area contributed by atoms with Gasteiger partial charge in [-0.1, -0.05) is 29.8 Å². The molecule has 0 fully saturated rings. The van der Waals surface area contributed by atoms with Gasteiger partial charge < -0.3 is 4.74 Å². The van der Waals surface area contributed by atoms with Gasteiger partial charge in [0, 0.05) is 6.92 Å². The maximum absolute atomic E-state index is 10.3. The van der Waals surface area contributed by atoms with E-state index in [2.05, 4.69) is 29.8 Å². The van der Waals surface area contributed by atoms with Gasteiger partial charge in [-0.2, -0.15) is 0 Å². The highest BCUT2D eigenvalue weighted by Gasteiger charge is 2.09. The second-order valence-electron chi connectivity index (χ2n) is 2.56. The summed E-state index contributed by atoms with van der Waals surface area (Å²) in [6.45, 7) is 6.03. The maximum Gasteiger partial charge on any atom is 0.302 e. The molecule has 0 amide bonds. The first-order valence-corrected chi connectivity index (χ1v) is 4.23. The van der Waals surface area contributed by atoms with Crippen molar-refractivity contribution in [3.63, 3.8) is 0 Å². The number of rotatable bonds is 3. The highest BCUT2D eigenvalue weighted by Crippen LogP contribution is 2.11. The summed E-state index contributed by atoms with van der Waals surface area (Å²) in [6, 6.07) is 0. The molecule has 1 atom stereocenters. The Bertz CT molecular complexity index is 112. The molecule has 0 saturated carbocycles. The Morgan fingerprint density at radius 1 is 1.60 bits per heavy atom. The van der Waals surface area contributed by atoms with Crippen molar-refractivity contribution in [2.75, 3.05) is 6.61 Å². The lowest BCUT2D eigenvalue weighted by Gasteiger charge is -2.12. The summed E-state index contributed by atoms with van der Waals surface area (Å²) >= 11 is 3.39. The minimum absolute atomic E-state index is 0.217. The lowest BCUT2D eigenvalue weighted by atomic mass is 10.1. The Kier molecular flexibility index (Phi) is 4.69. The first-order valence-electron chi connectivity index (χ1n) is 3.31. The van der Waals surface area contributed by atoms with Crippen molar-refractivity contribution >= 4 is 21.9 Å². The maximum atomic E-state index is 10.3. The molecule has 60 valence electrons. The lowest BCUT2D eigenvalue weighted by molar-refractivity contribution is -0.141. The van der Waals surface area contributed by atoms with Crippen LogP contribution in [0.1, 0.15) is 20.8 Å². The Morgan fingerprint density at radius 2 is 2.10 bits per heavy atom. The van der Waals surface area contributed by atoms with E-state index in [1.54, 1.807) is 0 Å². The molecule has 2 nitrogen and oxygen atoms in total. The van der Waals surface area contributed by atoms with Crippen molar-refractivity contribution in [1.82, 2.24) is 0 Å². The van der Waals surface area contributed by atoms with E-state index in [0.717, 1.165) is 0 Å². The number of hydrogen-bond donors (Lipinski definition) is 0. The van der Waals surface area contributed by atoms with Crippen molar-refractivity contribution in [3.05, 3.63) is 0 Å². The van der Waals surface area contributed by atoms with Gasteiger partial charge in [-0.25, -0.2) is 0 Å².